The van der Waals surface area contributed by atoms with Crippen LogP contribution in [0.5, 0.6) is 0 Å². The normalized spacial score (nSPS) is 17.9. The molecule has 4 heterocycles. The smallest absolute Gasteiger partial charge is 0.407 e. The largest absolute Gasteiger partial charge is 0.453 e. The summed E-state index contributed by atoms with van der Waals surface area (Å²) in [6, 6.07) is 16.4. The van der Waals surface area contributed by atoms with Crippen molar-refractivity contribution in [3.63, 3.8) is 0 Å². The average Bonchev–Trinajstić information content (AvgIpc) is 4.05. The molecule has 4 amide bonds. The number of aromatic nitrogens is 4. The fourth-order valence-electron chi connectivity index (χ4n) is 7.73. The zero-order valence-corrected chi connectivity index (χ0v) is 31.8. The number of ether oxygens (including phenoxy) is 4. The van der Waals surface area contributed by atoms with Gasteiger partial charge in [0.25, 0.3) is 0 Å². The van der Waals surface area contributed by atoms with Gasteiger partial charge >= 0.3 is 12.2 Å². The molecule has 2 fully saturated rings. The third kappa shape index (κ3) is 7.88. The Morgan fingerprint density at radius 2 is 1.25 bits per heavy atom. The number of carbonyl (C=O) groups excluding carboxylic acids is 4. The molecular weight excluding hydrogens is 720 g/mol. The minimum absolute atomic E-state index is 0.0245. The first kappa shape index (κ1) is 38.3. The van der Waals surface area contributed by atoms with Crippen LogP contribution in [0, 0.1) is 0 Å². The maximum Gasteiger partial charge on any atom is 0.407 e. The molecule has 0 radical (unpaired) electrons. The lowest BCUT2D eigenvalue weighted by molar-refractivity contribution is -0.136. The Hall–Kier alpha value is -6.00. The average molecular weight is 767 g/mol. The van der Waals surface area contributed by atoms with E-state index in [2.05, 4.69) is 62.0 Å². The van der Waals surface area contributed by atoms with Crippen LogP contribution in [-0.2, 0) is 28.5 Å². The maximum atomic E-state index is 13.5. The molecule has 16 heteroatoms. The molecule has 0 spiro atoms. The molecule has 4 atom stereocenters. The monoisotopic (exact) mass is 766 g/mol. The number of rotatable bonds is 12. The van der Waals surface area contributed by atoms with E-state index in [1.54, 1.807) is 16.0 Å². The van der Waals surface area contributed by atoms with Crippen LogP contribution < -0.4 is 10.6 Å². The van der Waals surface area contributed by atoms with Gasteiger partial charge < -0.3 is 49.3 Å². The number of amides is 4. The molecule has 0 unspecified atom stereocenters. The number of H-pyrrole nitrogens is 2. The van der Waals surface area contributed by atoms with Gasteiger partial charge in [-0.1, -0.05) is 30.3 Å². The number of hydrogen-bond donors (Lipinski definition) is 4. The quantitative estimate of drug-likeness (QED) is 0.137. The molecule has 2 aromatic heterocycles. The number of benzene rings is 3. The molecule has 3 aromatic carbocycles. The van der Waals surface area contributed by atoms with Crippen molar-refractivity contribution >= 4 is 45.8 Å². The predicted molar refractivity (Wildman–Crippen MR) is 206 cm³/mol. The molecule has 0 saturated carbocycles. The first-order chi connectivity index (χ1) is 27.2. The Bertz CT molecular complexity index is 2240. The molecule has 2 aliphatic heterocycles. The zero-order valence-electron chi connectivity index (χ0n) is 31.8. The second-order valence-electron chi connectivity index (χ2n) is 14.0. The van der Waals surface area contributed by atoms with Gasteiger partial charge in [0.15, 0.2) is 0 Å². The Balaban J connectivity index is 1.06. The highest BCUT2D eigenvalue weighted by molar-refractivity contribution is 5.92. The van der Waals surface area contributed by atoms with Crippen LogP contribution in [0.1, 0.15) is 49.4 Å². The van der Waals surface area contributed by atoms with E-state index in [1.807, 2.05) is 18.2 Å². The van der Waals surface area contributed by atoms with Crippen LogP contribution in [0.2, 0.25) is 0 Å². The van der Waals surface area contributed by atoms with Crippen molar-refractivity contribution in [3.8, 4) is 22.4 Å². The third-order valence-corrected chi connectivity index (χ3v) is 10.5. The van der Waals surface area contributed by atoms with Crippen LogP contribution in [-0.4, -0.2) is 121 Å². The molecule has 4 N–H and O–H groups in total. The standard InChI is InChI=1S/C40H46N8O8/c1-53-21-31(45-39(51)55-3)37(49)47-15-5-7-33(47)35-41-20-30(44-35)27-12-11-23-17-24(9-10-25(23)18-27)26-13-14-28-29(19-26)43-36(42-28)34-8-6-16-48(34)38(50)32(22-54-2)46-40(52)56-4/h9-14,17-20,31-34H,5-8,15-16,21-22H2,1-4H3,(H,41,44)(H,42,43)(H,45,51)(H,46,52)/t31-,32-,33-,34-/m0/s1. The van der Waals surface area contributed by atoms with Crippen LogP contribution in [0.3, 0.4) is 0 Å². The van der Waals surface area contributed by atoms with Crippen molar-refractivity contribution in [2.75, 3.05) is 54.7 Å². The van der Waals surface area contributed by atoms with Gasteiger partial charge in [0.2, 0.25) is 11.8 Å². The van der Waals surface area contributed by atoms with E-state index in [0.29, 0.717) is 24.7 Å². The highest BCUT2D eigenvalue weighted by Crippen LogP contribution is 2.35. The number of methoxy groups -OCH3 is 4. The number of likely N-dealkylation sites (tertiary alicyclic amines) is 2. The Kier molecular flexibility index (Phi) is 11.5. The van der Waals surface area contributed by atoms with E-state index in [1.165, 1.54) is 28.4 Å². The Morgan fingerprint density at radius 1 is 0.714 bits per heavy atom. The number of nitrogens with one attached hydrogen (secondary N) is 4. The van der Waals surface area contributed by atoms with E-state index in [-0.39, 0.29) is 37.1 Å². The molecule has 56 heavy (non-hydrogen) atoms. The number of carbonyl (C=O) groups is 4. The second-order valence-corrected chi connectivity index (χ2v) is 14.0. The first-order valence-corrected chi connectivity index (χ1v) is 18.6. The SMILES string of the molecule is COC[C@H](NC(=O)OC)C(=O)N1CCC[C@H]1c1ncc(-c2ccc3cc(-c4ccc5nc([C@@H]6CCCN6C(=O)[C@H](COC)NC(=O)OC)[nH]c5c4)ccc3c2)[nH]1. The number of fused-ring (bicyclic) bond motifs is 2. The number of hydrogen-bond acceptors (Lipinski definition) is 10. The van der Waals surface area contributed by atoms with Crippen molar-refractivity contribution in [1.82, 2.24) is 40.4 Å². The number of imidazole rings is 2. The van der Waals surface area contributed by atoms with Crippen LogP contribution in [0.4, 0.5) is 9.59 Å². The Morgan fingerprint density at radius 3 is 1.84 bits per heavy atom. The van der Waals surface area contributed by atoms with Crippen LogP contribution in [0.15, 0.2) is 60.8 Å². The maximum absolute atomic E-state index is 13.5. The van der Waals surface area contributed by atoms with Gasteiger partial charge in [0, 0.05) is 32.9 Å². The van der Waals surface area contributed by atoms with E-state index >= 15 is 0 Å². The van der Waals surface area contributed by atoms with Gasteiger partial charge in [0.1, 0.15) is 23.7 Å². The molecule has 0 bridgehead atoms. The molecule has 5 aromatic rings. The van der Waals surface area contributed by atoms with Gasteiger partial charge in [-0.2, -0.15) is 0 Å². The van der Waals surface area contributed by atoms with E-state index < -0.39 is 24.3 Å². The summed E-state index contributed by atoms with van der Waals surface area (Å²) in [7, 11) is 5.47. The second kappa shape index (κ2) is 16.8. The summed E-state index contributed by atoms with van der Waals surface area (Å²) in [5.74, 6) is 0.888. The highest BCUT2D eigenvalue weighted by Gasteiger charge is 2.38. The summed E-state index contributed by atoms with van der Waals surface area (Å²) in [5.41, 5.74) is 5.52. The zero-order chi connectivity index (χ0) is 39.3. The topological polar surface area (TPSA) is 193 Å². The first-order valence-electron chi connectivity index (χ1n) is 18.6. The van der Waals surface area contributed by atoms with Gasteiger partial charge in [-0.25, -0.2) is 19.6 Å². The number of alkyl carbamates (subject to hydrolysis) is 2. The van der Waals surface area contributed by atoms with E-state index in [0.717, 1.165) is 69.9 Å². The molecule has 294 valence electrons. The van der Waals surface area contributed by atoms with Gasteiger partial charge in [-0.05, 0) is 71.8 Å². The molecule has 7 rings (SSSR count). The molecular formula is C40H46N8O8. The predicted octanol–water partition coefficient (Wildman–Crippen LogP) is 4.84. The van der Waals surface area contributed by atoms with Gasteiger partial charge in [-0.3, -0.25) is 9.59 Å². The van der Waals surface area contributed by atoms with E-state index in [4.69, 9.17) is 23.9 Å². The summed E-state index contributed by atoms with van der Waals surface area (Å²) in [6.07, 6.45) is 3.51. The lowest BCUT2D eigenvalue weighted by Gasteiger charge is -2.27. The van der Waals surface area contributed by atoms with Gasteiger partial charge in [-0.15, -0.1) is 0 Å². The van der Waals surface area contributed by atoms with E-state index in [9.17, 15) is 19.2 Å². The van der Waals surface area contributed by atoms with Gasteiger partial charge in [0.05, 0.1) is 62.4 Å². The van der Waals surface area contributed by atoms with Crippen molar-refractivity contribution < 1.29 is 38.1 Å². The van der Waals surface area contributed by atoms with Crippen LogP contribution in [0.25, 0.3) is 44.2 Å². The molecule has 16 nitrogen and oxygen atoms in total. The summed E-state index contributed by atoms with van der Waals surface area (Å²) in [5, 5.41) is 7.28. The fourth-order valence-corrected chi connectivity index (χ4v) is 7.73. The summed E-state index contributed by atoms with van der Waals surface area (Å²) < 4.78 is 19.8. The van der Waals surface area contributed by atoms with Crippen molar-refractivity contribution in [2.45, 2.75) is 49.9 Å². The van der Waals surface area contributed by atoms with Crippen LogP contribution >= 0.6 is 0 Å². The summed E-state index contributed by atoms with van der Waals surface area (Å²) in [4.78, 5) is 70.6. The lowest BCUT2D eigenvalue weighted by atomic mass is 9.99. The molecule has 2 saturated heterocycles. The van der Waals surface area contributed by atoms with Crippen molar-refractivity contribution in [3.05, 3.63) is 72.4 Å². The molecule has 0 aliphatic carbocycles. The lowest BCUT2D eigenvalue weighted by Crippen LogP contribution is -2.50. The number of nitrogens with zero attached hydrogens (tertiary/aromatic N) is 4. The fraction of sp³-hybridized carbons (Fsp3) is 0.400. The summed E-state index contributed by atoms with van der Waals surface area (Å²) >= 11 is 0. The summed E-state index contributed by atoms with van der Waals surface area (Å²) in [6.45, 7) is 1.14. The van der Waals surface area contributed by atoms with Crippen molar-refractivity contribution in [1.29, 1.82) is 0 Å². The highest BCUT2D eigenvalue weighted by atomic mass is 16.5. The minimum atomic E-state index is -0.871. The molecule has 2 aliphatic rings. The minimum Gasteiger partial charge on any atom is -0.453 e. The number of aromatic amines is 2. The third-order valence-electron chi connectivity index (χ3n) is 10.5. The Labute approximate surface area is 323 Å². The van der Waals surface area contributed by atoms with Crippen molar-refractivity contribution in [2.24, 2.45) is 0 Å².